The minimum absolute atomic E-state index is 0.170. The van der Waals surface area contributed by atoms with Gasteiger partial charge in [-0.2, -0.15) is 4.80 Å². The predicted molar refractivity (Wildman–Crippen MR) is 83.3 cm³/mol. The Bertz CT molecular complexity index is 782. The molecular formula is C16H15N5O. The number of amides is 1. The Balaban J connectivity index is 1.90. The maximum atomic E-state index is 12.3. The molecule has 0 unspecified atom stereocenters. The number of rotatable bonds is 4. The number of nitrogens with one attached hydrogen (secondary N) is 1. The van der Waals surface area contributed by atoms with E-state index in [1.165, 1.54) is 4.80 Å². The monoisotopic (exact) mass is 293 g/mol. The molecule has 2 aromatic carbocycles. The number of carbonyl (C=O) groups excluding carboxylic acids is 1. The highest BCUT2D eigenvalue weighted by Crippen LogP contribution is 2.24. The average Bonchev–Trinajstić information content (AvgIpc) is 3.05. The van der Waals surface area contributed by atoms with Crippen molar-refractivity contribution in [1.29, 1.82) is 0 Å². The smallest absolute Gasteiger partial charge is 0.255 e. The third kappa shape index (κ3) is 2.85. The summed E-state index contributed by atoms with van der Waals surface area (Å²) in [4.78, 5) is 13.8. The van der Waals surface area contributed by atoms with Crippen molar-refractivity contribution in [2.45, 2.75) is 13.5 Å². The Kier molecular flexibility index (Phi) is 3.91. The highest BCUT2D eigenvalue weighted by Gasteiger charge is 2.13. The first-order valence-corrected chi connectivity index (χ1v) is 7.01. The summed E-state index contributed by atoms with van der Waals surface area (Å²) >= 11 is 0. The van der Waals surface area contributed by atoms with Crippen LogP contribution in [-0.2, 0) is 6.54 Å². The lowest BCUT2D eigenvalue weighted by Gasteiger charge is -2.08. The quantitative estimate of drug-likeness (QED) is 0.802. The molecule has 22 heavy (non-hydrogen) atoms. The van der Waals surface area contributed by atoms with Crippen LogP contribution in [0.5, 0.6) is 0 Å². The lowest BCUT2D eigenvalue weighted by Crippen LogP contribution is -2.12. The largest absolute Gasteiger partial charge is 0.321 e. The standard InChI is InChI=1S/C16H15N5O/c1-2-21-19-15(18-20-21)13-10-6-7-11-14(13)17-16(22)12-8-4-3-5-9-12/h3-11H,2H2,1H3,(H,17,22). The normalized spacial score (nSPS) is 10.4. The highest BCUT2D eigenvalue weighted by molar-refractivity contribution is 6.05. The third-order valence-electron chi connectivity index (χ3n) is 3.19. The van der Waals surface area contributed by atoms with Crippen molar-refractivity contribution in [1.82, 2.24) is 20.2 Å². The third-order valence-corrected chi connectivity index (χ3v) is 3.19. The molecule has 0 radical (unpaired) electrons. The van der Waals surface area contributed by atoms with Gasteiger partial charge in [0.25, 0.3) is 5.91 Å². The van der Waals surface area contributed by atoms with Crippen LogP contribution in [0, 0.1) is 0 Å². The van der Waals surface area contributed by atoms with Gasteiger partial charge >= 0.3 is 0 Å². The number of aromatic nitrogens is 4. The van der Waals surface area contributed by atoms with Crippen LogP contribution in [0.25, 0.3) is 11.4 Å². The van der Waals surface area contributed by atoms with Gasteiger partial charge in [-0.3, -0.25) is 4.79 Å². The molecule has 6 nitrogen and oxygen atoms in total. The summed E-state index contributed by atoms with van der Waals surface area (Å²) in [6.07, 6.45) is 0. The minimum atomic E-state index is -0.170. The molecule has 0 aliphatic carbocycles. The van der Waals surface area contributed by atoms with Crippen molar-refractivity contribution in [2.75, 3.05) is 5.32 Å². The molecule has 6 heteroatoms. The Hall–Kier alpha value is -3.02. The molecule has 0 atom stereocenters. The zero-order valence-electron chi connectivity index (χ0n) is 12.1. The van der Waals surface area contributed by atoms with Gasteiger partial charge in [0.2, 0.25) is 5.82 Å². The van der Waals surface area contributed by atoms with Crippen LogP contribution in [0.1, 0.15) is 17.3 Å². The number of para-hydroxylation sites is 1. The zero-order valence-corrected chi connectivity index (χ0v) is 12.1. The zero-order chi connectivity index (χ0) is 15.4. The Labute approximate surface area is 127 Å². The highest BCUT2D eigenvalue weighted by atomic mass is 16.1. The van der Waals surface area contributed by atoms with Crippen molar-refractivity contribution < 1.29 is 4.79 Å². The Morgan fingerprint density at radius 1 is 1.09 bits per heavy atom. The van der Waals surface area contributed by atoms with Crippen LogP contribution in [-0.4, -0.2) is 26.1 Å². The van der Waals surface area contributed by atoms with Gasteiger partial charge in [-0.25, -0.2) is 0 Å². The molecule has 1 amide bonds. The topological polar surface area (TPSA) is 72.7 Å². The molecule has 0 saturated heterocycles. The van der Waals surface area contributed by atoms with Gasteiger partial charge in [0, 0.05) is 11.1 Å². The van der Waals surface area contributed by atoms with Gasteiger partial charge in [-0.1, -0.05) is 30.3 Å². The number of tetrazole rings is 1. The molecule has 3 aromatic rings. The van der Waals surface area contributed by atoms with Crippen LogP contribution in [0.15, 0.2) is 54.6 Å². The van der Waals surface area contributed by atoms with Crippen molar-refractivity contribution in [3.8, 4) is 11.4 Å². The molecule has 1 heterocycles. The molecular weight excluding hydrogens is 278 g/mol. The van der Waals surface area contributed by atoms with Gasteiger partial charge in [-0.15, -0.1) is 10.2 Å². The first-order valence-electron chi connectivity index (χ1n) is 7.01. The first kappa shape index (κ1) is 13.9. The second kappa shape index (κ2) is 6.17. The Morgan fingerprint density at radius 2 is 1.82 bits per heavy atom. The van der Waals surface area contributed by atoms with Crippen molar-refractivity contribution in [3.05, 3.63) is 60.2 Å². The average molecular weight is 293 g/mol. The lowest BCUT2D eigenvalue weighted by atomic mass is 10.1. The molecule has 0 fully saturated rings. The van der Waals surface area contributed by atoms with Gasteiger partial charge in [0.1, 0.15) is 0 Å². The van der Waals surface area contributed by atoms with Crippen molar-refractivity contribution in [3.63, 3.8) is 0 Å². The van der Waals surface area contributed by atoms with Crippen molar-refractivity contribution >= 4 is 11.6 Å². The fourth-order valence-electron chi connectivity index (χ4n) is 2.06. The van der Waals surface area contributed by atoms with E-state index in [-0.39, 0.29) is 5.91 Å². The summed E-state index contributed by atoms with van der Waals surface area (Å²) in [7, 11) is 0. The minimum Gasteiger partial charge on any atom is -0.321 e. The number of anilines is 1. The van der Waals surface area contributed by atoms with Crippen LogP contribution in [0.4, 0.5) is 5.69 Å². The van der Waals surface area contributed by atoms with E-state index >= 15 is 0 Å². The van der Waals surface area contributed by atoms with E-state index in [1.54, 1.807) is 12.1 Å². The molecule has 1 N–H and O–H groups in total. The lowest BCUT2D eigenvalue weighted by molar-refractivity contribution is 0.102. The molecule has 0 saturated carbocycles. The molecule has 110 valence electrons. The first-order chi connectivity index (χ1) is 10.8. The summed E-state index contributed by atoms with van der Waals surface area (Å²) in [6, 6.07) is 16.5. The van der Waals surface area contributed by atoms with E-state index in [2.05, 4.69) is 20.7 Å². The van der Waals surface area contributed by atoms with Crippen LogP contribution in [0.2, 0.25) is 0 Å². The van der Waals surface area contributed by atoms with E-state index < -0.39 is 0 Å². The second-order valence-corrected chi connectivity index (χ2v) is 4.67. The number of aryl methyl sites for hydroxylation is 1. The number of nitrogens with zero attached hydrogens (tertiary/aromatic N) is 4. The summed E-state index contributed by atoms with van der Waals surface area (Å²) in [5.74, 6) is 0.321. The van der Waals surface area contributed by atoms with Gasteiger partial charge in [0.05, 0.1) is 12.2 Å². The number of hydrogen-bond donors (Lipinski definition) is 1. The second-order valence-electron chi connectivity index (χ2n) is 4.67. The van der Waals surface area contributed by atoms with Crippen LogP contribution >= 0.6 is 0 Å². The molecule has 0 aliphatic rings. The SMILES string of the molecule is CCn1nnc(-c2ccccc2NC(=O)c2ccccc2)n1. The predicted octanol–water partition coefficient (Wildman–Crippen LogP) is 2.61. The number of hydrogen-bond acceptors (Lipinski definition) is 4. The molecule has 1 aromatic heterocycles. The summed E-state index contributed by atoms with van der Waals surface area (Å²) in [6.45, 7) is 2.58. The van der Waals surface area contributed by atoms with E-state index in [9.17, 15) is 4.79 Å². The maximum Gasteiger partial charge on any atom is 0.255 e. The number of carbonyl (C=O) groups is 1. The number of benzene rings is 2. The summed E-state index contributed by atoms with van der Waals surface area (Å²) in [5, 5.41) is 15.2. The molecule has 0 spiro atoms. The molecule has 0 bridgehead atoms. The van der Waals surface area contributed by atoms with Crippen molar-refractivity contribution in [2.24, 2.45) is 0 Å². The van der Waals surface area contributed by atoms with Gasteiger partial charge < -0.3 is 5.32 Å². The molecule has 0 aliphatic heterocycles. The van der Waals surface area contributed by atoms with E-state index in [0.29, 0.717) is 23.6 Å². The van der Waals surface area contributed by atoms with Gasteiger partial charge in [0.15, 0.2) is 0 Å². The van der Waals surface area contributed by atoms with E-state index in [1.807, 2.05) is 49.4 Å². The fraction of sp³-hybridized carbons (Fsp3) is 0.125. The molecule has 3 rings (SSSR count). The van der Waals surface area contributed by atoms with E-state index in [0.717, 1.165) is 5.56 Å². The van der Waals surface area contributed by atoms with Gasteiger partial charge in [-0.05, 0) is 36.4 Å². The van der Waals surface area contributed by atoms with Crippen LogP contribution < -0.4 is 5.32 Å². The Morgan fingerprint density at radius 3 is 2.55 bits per heavy atom. The maximum absolute atomic E-state index is 12.3. The summed E-state index contributed by atoms with van der Waals surface area (Å²) in [5.41, 5.74) is 2.00. The van der Waals surface area contributed by atoms with Crippen LogP contribution in [0.3, 0.4) is 0 Å². The summed E-state index contributed by atoms with van der Waals surface area (Å²) < 4.78 is 0. The fourth-order valence-corrected chi connectivity index (χ4v) is 2.06. The van der Waals surface area contributed by atoms with E-state index in [4.69, 9.17) is 0 Å².